The number of rotatable bonds is 6. The normalized spacial score (nSPS) is 10.5. The molecule has 0 aliphatic heterocycles. The molecule has 7 heteroatoms. The highest BCUT2D eigenvalue weighted by Gasteiger charge is 2.10. The van der Waals surface area contributed by atoms with Crippen molar-refractivity contribution in [3.05, 3.63) is 70.3 Å². The summed E-state index contributed by atoms with van der Waals surface area (Å²) in [7, 11) is 1.44. The lowest BCUT2D eigenvalue weighted by atomic mass is 10.2. The van der Waals surface area contributed by atoms with E-state index in [4.69, 9.17) is 18.6 Å². The van der Waals surface area contributed by atoms with E-state index in [1.165, 1.54) is 37.4 Å². The molecular weight excluding hydrogens is 343 g/mol. The van der Waals surface area contributed by atoms with Crippen LogP contribution in [0.4, 0.5) is 4.39 Å². The Labute approximate surface area is 147 Å². The van der Waals surface area contributed by atoms with Gasteiger partial charge in [-0.25, -0.2) is 14.0 Å². The van der Waals surface area contributed by atoms with E-state index < -0.39 is 17.4 Å². The van der Waals surface area contributed by atoms with Crippen molar-refractivity contribution in [1.82, 2.24) is 0 Å². The summed E-state index contributed by atoms with van der Waals surface area (Å²) in [4.78, 5) is 23.1. The van der Waals surface area contributed by atoms with Crippen LogP contribution in [0.2, 0.25) is 0 Å². The van der Waals surface area contributed by atoms with E-state index in [1.54, 1.807) is 18.2 Å². The van der Waals surface area contributed by atoms with E-state index in [0.717, 1.165) is 5.39 Å². The van der Waals surface area contributed by atoms with Gasteiger partial charge < -0.3 is 18.6 Å². The number of ether oxygens (including phenoxy) is 3. The van der Waals surface area contributed by atoms with Crippen molar-refractivity contribution in [1.29, 1.82) is 0 Å². The van der Waals surface area contributed by atoms with Crippen LogP contribution in [0.5, 0.6) is 11.5 Å². The fourth-order valence-corrected chi connectivity index (χ4v) is 2.33. The summed E-state index contributed by atoms with van der Waals surface area (Å²) in [6, 6.07) is 11.8. The molecule has 0 radical (unpaired) electrons. The lowest BCUT2D eigenvalue weighted by Gasteiger charge is -2.10. The van der Waals surface area contributed by atoms with E-state index in [-0.39, 0.29) is 13.2 Å². The van der Waals surface area contributed by atoms with Crippen molar-refractivity contribution < 1.29 is 27.8 Å². The zero-order valence-electron chi connectivity index (χ0n) is 13.9. The molecule has 0 aliphatic carbocycles. The first-order valence-corrected chi connectivity index (χ1v) is 7.70. The van der Waals surface area contributed by atoms with Gasteiger partial charge in [-0.1, -0.05) is 0 Å². The van der Waals surface area contributed by atoms with Crippen LogP contribution in [-0.2, 0) is 16.1 Å². The Balaban J connectivity index is 1.59. The third-order valence-corrected chi connectivity index (χ3v) is 3.58. The number of carbonyl (C=O) groups excluding carboxylic acids is 1. The lowest BCUT2D eigenvalue weighted by Crippen LogP contribution is -2.15. The molecule has 1 heterocycles. The molecule has 0 N–H and O–H groups in total. The smallest absolute Gasteiger partial charge is 0.344 e. The van der Waals surface area contributed by atoms with E-state index in [0.29, 0.717) is 22.6 Å². The standard InChI is InChI=1S/C19H15FO6/c1-23-16-6-4-14(20)8-13(16)10-25-19(22)11-24-15-5-2-12-3-7-18(21)26-17(12)9-15/h2-9H,10-11H2,1H3. The van der Waals surface area contributed by atoms with Crippen molar-refractivity contribution in [3.8, 4) is 11.5 Å². The molecule has 0 unspecified atom stereocenters. The molecule has 3 aromatic rings. The zero-order valence-corrected chi connectivity index (χ0v) is 13.9. The molecule has 0 spiro atoms. The molecular formula is C19H15FO6. The molecule has 0 amide bonds. The summed E-state index contributed by atoms with van der Waals surface area (Å²) in [5.74, 6) is -0.312. The first-order valence-electron chi connectivity index (χ1n) is 7.70. The third kappa shape index (κ3) is 4.18. The maximum absolute atomic E-state index is 13.3. The van der Waals surface area contributed by atoms with Crippen molar-refractivity contribution >= 4 is 16.9 Å². The number of hydrogen-bond donors (Lipinski definition) is 0. The van der Waals surface area contributed by atoms with Crippen molar-refractivity contribution in [2.24, 2.45) is 0 Å². The molecule has 0 saturated heterocycles. The average Bonchev–Trinajstić information content (AvgIpc) is 2.64. The quantitative estimate of drug-likeness (QED) is 0.498. The predicted molar refractivity (Wildman–Crippen MR) is 90.7 cm³/mol. The Morgan fingerprint density at radius 2 is 1.92 bits per heavy atom. The Bertz CT molecular complexity index is 995. The fourth-order valence-electron chi connectivity index (χ4n) is 2.33. The Morgan fingerprint density at radius 1 is 1.12 bits per heavy atom. The van der Waals surface area contributed by atoms with Crippen LogP contribution in [0.3, 0.4) is 0 Å². The third-order valence-electron chi connectivity index (χ3n) is 3.58. The van der Waals surface area contributed by atoms with Crippen LogP contribution < -0.4 is 15.1 Å². The number of methoxy groups -OCH3 is 1. The van der Waals surface area contributed by atoms with Gasteiger partial charge in [-0.05, 0) is 36.4 Å². The van der Waals surface area contributed by atoms with Crippen LogP contribution in [0.15, 0.2) is 57.7 Å². The molecule has 2 aromatic carbocycles. The molecule has 0 fully saturated rings. The number of halogens is 1. The summed E-state index contributed by atoms with van der Waals surface area (Å²) < 4.78 is 33.8. The average molecular weight is 358 g/mol. The maximum Gasteiger partial charge on any atom is 0.344 e. The van der Waals surface area contributed by atoms with Crippen LogP contribution >= 0.6 is 0 Å². The van der Waals surface area contributed by atoms with Crippen molar-refractivity contribution in [2.45, 2.75) is 6.61 Å². The highest BCUT2D eigenvalue weighted by Crippen LogP contribution is 2.21. The highest BCUT2D eigenvalue weighted by molar-refractivity contribution is 5.78. The molecule has 0 saturated carbocycles. The number of carbonyl (C=O) groups is 1. The minimum Gasteiger partial charge on any atom is -0.496 e. The van der Waals surface area contributed by atoms with Gasteiger partial charge in [-0.3, -0.25) is 0 Å². The second-order valence-corrected chi connectivity index (χ2v) is 5.36. The Kier molecular flexibility index (Phi) is 5.17. The van der Waals surface area contributed by atoms with Gasteiger partial charge in [0.25, 0.3) is 0 Å². The first kappa shape index (κ1) is 17.5. The SMILES string of the molecule is COc1ccc(F)cc1COC(=O)COc1ccc2ccc(=O)oc2c1. The molecule has 0 bridgehead atoms. The first-order chi connectivity index (χ1) is 12.5. The molecule has 26 heavy (non-hydrogen) atoms. The molecule has 0 atom stereocenters. The minimum absolute atomic E-state index is 0.143. The summed E-state index contributed by atoms with van der Waals surface area (Å²) in [6.07, 6.45) is 0. The largest absolute Gasteiger partial charge is 0.496 e. The van der Waals surface area contributed by atoms with Gasteiger partial charge >= 0.3 is 11.6 Å². The molecule has 3 rings (SSSR count). The van der Waals surface area contributed by atoms with Gasteiger partial charge in [0.05, 0.1) is 7.11 Å². The Morgan fingerprint density at radius 3 is 2.73 bits per heavy atom. The molecule has 1 aromatic heterocycles. The van der Waals surface area contributed by atoms with Gasteiger partial charge in [-0.2, -0.15) is 0 Å². The van der Waals surface area contributed by atoms with E-state index in [9.17, 15) is 14.0 Å². The topological polar surface area (TPSA) is 75.0 Å². The van der Waals surface area contributed by atoms with Crippen LogP contribution in [-0.4, -0.2) is 19.7 Å². The second kappa shape index (κ2) is 7.69. The van der Waals surface area contributed by atoms with Crippen molar-refractivity contribution in [3.63, 3.8) is 0 Å². The number of benzene rings is 2. The maximum atomic E-state index is 13.3. The van der Waals surface area contributed by atoms with Gasteiger partial charge in [0.2, 0.25) is 0 Å². The van der Waals surface area contributed by atoms with Gasteiger partial charge in [0.1, 0.15) is 29.5 Å². The predicted octanol–water partition coefficient (Wildman–Crippen LogP) is 3.06. The van der Waals surface area contributed by atoms with Gasteiger partial charge in [0, 0.05) is 23.1 Å². The monoisotopic (exact) mass is 358 g/mol. The lowest BCUT2D eigenvalue weighted by molar-refractivity contribution is -0.147. The van der Waals surface area contributed by atoms with Crippen molar-refractivity contribution in [2.75, 3.05) is 13.7 Å². The summed E-state index contributed by atoms with van der Waals surface area (Å²) in [5.41, 5.74) is 0.291. The van der Waals surface area contributed by atoms with E-state index in [1.807, 2.05) is 0 Å². The zero-order chi connectivity index (χ0) is 18.5. The second-order valence-electron chi connectivity index (χ2n) is 5.36. The highest BCUT2D eigenvalue weighted by atomic mass is 19.1. The van der Waals surface area contributed by atoms with E-state index in [2.05, 4.69) is 0 Å². The van der Waals surface area contributed by atoms with E-state index >= 15 is 0 Å². The number of esters is 1. The summed E-state index contributed by atoms with van der Waals surface area (Å²) >= 11 is 0. The number of hydrogen-bond acceptors (Lipinski definition) is 6. The van der Waals surface area contributed by atoms with Crippen LogP contribution in [0, 0.1) is 5.82 Å². The number of fused-ring (bicyclic) bond motifs is 1. The molecule has 134 valence electrons. The molecule has 6 nitrogen and oxygen atoms in total. The molecule has 0 aliphatic rings. The fraction of sp³-hybridized carbons (Fsp3) is 0.158. The van der Waals surface area contributed by atoms with Gasteiger partial charge in [0.15, 0.2) is 6.61 Å². The van der Waals surface area contributed by atoms with Crippen LogP contribution in [0.25, 0.3) is 11.0 Å². The summed E-state index contributed by atoms with van der Waals surface area (Å²) in [6.45, 7) is -0.490. The minimum atomic E-state index is -0.633. The van der Waals surface area contributed by atoms with Gasteiger partial charge in [-0.15, -0.1) is 0 Å². The summed E-state index contributed by atoms with van der Waals surface area (Å²) in [5, 5.41) is 0.734. The Hall–Kier alpha value is -3.35. The van der Waals surface area contributed by atoms with Crippen LogP contribution in [0.1, 0.15) is 5.56 Å².